The second-order valence-electron chi connectivity index (χ2n) is 6.61. The van der Waals surface area contributed by atoms with Crippen LogP contribution >= 0.6 is 15.9 Å². The first-order valence-corrected chi connectivity index (χ1v) is 9.03. The number of hydrogen-bond donors (Lipinski definition) is 2. The van der Waals surface area contributed by atoms with E-state index in [0.717, 1.165) is 22.3 Å². The standard InChI is InChI=1S/C17H20BrN3O4/c1-11-6-8-17(9-7-11)15(23)21(16(24)19-17)20-14(22)10-25-13-4-2-12(18)3-5-13/h2-5,11H,6-10H2,1H3,(H,19,24)(H,20,22). The van der Waals surface area contributed by atoms with Crippen molar-refractivity contribution < 1.29 is 19.1 Å². The lowest BCUT2D eigenvalue weighted by Crippen LogP contribution is -2.52. The number of nitrogens with one attached hydrogen (secondary N) is 2. The minimum atomic E-state index is -0.872. The van der Waals surface area contributed by atoms with Gasteiger partial charge < -0.3 is 10.1 Å². The van der Waals surface area contributed by atoms with Crippen LogP contribution in [0.4, 0.5) is 4.79 Å². The molecule has 1 aliphatic carbocycles. The van der Waals surface area contributed by atoms with Gasteiger partial charge in [0.25, 0.3) is 11.8 Å². The Bertz CT molecular complexity index is 684. The molecule has 0 unspecified atom stereocenters. The molecule has 0 aromatic heterocycles. The molecule has 134 valence electrons. The average Bonchev–Trinajstić information content (AvgIpc) is 2.82. The molecule has 4 amide bonds. The fraction of sp³-hybridized carbons (Fsp3) is 0.471. The van der Waals surface area contributed by atoms with E-state index >= 15 is 0 Å². The molecule has 0 radical (unpaired) electrons. The Balaban J connectivity index is 1.56. The van der Waals surface area contributed by atoms with Crippen LogP contribution in [0.3, 0.4) is 0 Å². The van der Waals surface area contributed by atoms with Gasteiger partial charge in [0.2, 0.25) is 0 Å². The minimum absolute atomic E-state index is 0.289. The summed E-state index contributed by atoms with van der Waals surface area (Å²) in [6, 6.07) is 6.42. The Morgan fingerprint density at radius 2 is 1.96 bits per heavy atom. The Hall–Kier alpha value is -2.09. The number of halogens is 1. The summed E-state index contributed by atoms with van der Waals surface area (Å²) in [7, 11) is 0. The molecule has 1 aromatic rings. The molecule has 2 N–H and O–H groups in total. The topological polar surface area (TPSA) is 87.7 Å². The van der Waals surface area contributed by atoms with Crippen LogP contribution in [-0.2, 0) is 9.59 Å². The number of carbonyl (C=O) groups excluding carboxylic acids is 3. The first kappa shape index (κ1) is 17.7. The second kappa shape index (κ2) is 7.03. The molecule has 2 aliphatic rings. The third kappa shape index (κ3) is 3.78. The molecule has 1 aliphatic heterocycles. The average molecular weight is 410 g/mol. The summed E-state index contributed by atoms with van der Waals surface area (Å²) in [4.78, 5) is 36.8. The largest absolute Gasteiger partial charge is 0.484 e. The zero-order valence-corrected chi connectivity index (χ0v) is 15.5. The maximum Gasteiger partial charge on any atom is 0.344 e. The monoisotopic (exact) mass is 409 g/mol. The molecule has 1 saturated heterocycles. The van der Waals surface area contributed by atoms with Crippen LogP contribution in [-0.4, -0.2) is 35.0 Å². The zero-order valence-electron chi connectivity index (χ0n) is 13.9. The van der Waals surface area contributed by atoms with Crippen LogP contribution in [0.5, 0.6) is 5.75 Å². The highest BCUT2D eigenvalue weighted by atomic mass is 79.9. The number of imide groups is 1. The van der Waals surface area contributed by atoms with Crippen molar-refractivity contribution in [3.8, 4) is 5.75 Å². The number of hydrogen-bond acceptors (Lipinski definition) is 4. The first-order chi connectivity index (χ1) is 11.9. The summed E-state index contributed by atoms with van der Waals surface area (Å²) in [6.45, 7) is 1.84. The van der Waals surface area contributed by atoms with Crippen LogP contribution in [0.1, 0.15) is 32.6 Å². The number of benzene rings is 1. The van der Waals surface area contributed by atoms with E-state index in [9.17, 15) is 14.4 Å². The van der Waals surface area contributed by atoms with Crippen LogP contribution < -0.4 is 15.5 Å². The fourth-order valence-corrected chi connectivity index (χ4v) is 3.42. The number of rotatable bonds is 4. The summed E-state index contributed by atoms with van der Waals surface area (Å²) >= 11 is 3.31. The lowest BCUT2D eigenvalue weighted by molar-refractivity contribution is -0.140. The van der Waals surface area contributed by atoms with Crippen molar-refractivity contribution in [1.29, 1.82) is 0 Å². The van der Waals surface area contributed by atoms with E-state index in [0.29, 0.717) is 24.5 Å². The Kier molecular flexibility index (Phi) is 4.99. The molecule has 1 saturated carbocycles. The molecule has 0 bridgehead atoms. The molecule has 0 atom stereocenters. The lowest BCUT2D eigenvalue weighted by atomic mass is 9.77. The summed E-state index contributed by atoms with van der Waals surface area (Å²) in [6.07, 6.45) is 2.95. The van der Waals surface area contributed by atoms with Crippen molar-refractivity contribution in [3.63, 3.8) is 0 Å². The number of ether oxygens (including phenoxy) is 1. The van der Waals surface area contributed by atoms with Crippen LogP contribution in [0, 0.1) is 5.92 Å². The van der Waals surface area contributed by atoms with Gasteiger partial charge in [0.15, 0.2) is 6.61 Å². The molecule has 3 rings (SSSR count). The van der Waals surface area contributed by atoms with Gasteiger partial charge in [-0.3, -0.25) is 15.0 Å². The highest BCUT2D eigenvalue weighted by molar-refractivity contribution is 9.10. The van der Waals surface area contributed by atoms with Gasteiger partial charge in [-0.05, 0) is 55.9 Å². The summed E-state index contributed by atoms with van der Waals surface area (Å²) in [5.41, 5.74) is 1.47. The SMILES string of the molecule is CC1CCC2(CC1)NC(=O)N(NC(=O)COc1ccc(Br)cc1)C2=O. The number of carbonyl (C=O) groups is 3. The summed E-state index contributed by atoms with van der Waals surface area (Å²) in [5, 5.41) is 3.53. The van der Waals surface area contributed by atoms with E-state index in [1.807, 2.05) is 0 Å². The van der Waals surface area contributed by atoms with Crippen LogP contribution in [0.2, 0.25) is 0 Å². The van der Waals surface area contributed by atoms with Gasteiger partial charge in [0, 0.05) is 4.47 Å². The quantitative estimate of drug-likeness (QED) is 0.747. The van der Waals surface area contributed by atoms with Crippen molar-refractivity contribution in [2.24, 2.45) is 5.92 Å². The van der Waals surface area contributed by atoms with E-state index in [2.05, 4.69) is 33.6 Å². The highest BCUT2D eigenvalue weighted by Gasteiger charge is 2.52. The number of nitrogens with zero attached hydrogens (tertiary/aromatic N) is 1. The second-order valence-corrected chi connectivity index (χ2v) is 7.53. The predicted molar refractivity (Wildman–Crippen MR) is 93.5 cm³/mol. The predicted octanol–water partition coefficient (Wildman–Crippen LogP) is 2.36. The van der Waals surface area contributed by atoms with Gasteiger partial charge in [0.05, 0.1) is 0 Å². The van der Waals surface area contributed by atoms with E-state index in [1.54, 1.807) is 24.3 Å². The van der Waals surface area contributed by atoms with Gasteiger partial charge >= 0.3 is 6.03 Å². The third-order valence-corrected chi connectivity index (χ3v) is 5.24. The molecular formula is C17H20BrN3O4. The molecule has 25 heavy (non-hydrogen) atoms. The Morgan fingerprint density at radius 1 is 1.32 bits per heavy atom. The number of urea groups is 1. The number of amides is 4. The van der Waals surface area contributed by atoms with Crippen molar-refractivity contribution >= 4 is 33.8 Å². The van der Waals surface area contributed by atoms with Crippen molar-refractivity contribution in [1.82, 2.24) is 15.8 Å². The van der Waals surface area contributed by atoms with Crippen molar-refractivity contribution in [2.75, 3.05) is 6.61 Å². The normalized spacial score (nSPS) is 25.8. The van der Waals surface area contributed by atoms with Gasteiger partial charge in [-0.2, -0.15) is 5.01 Å². The van der Waals surface area contributed by atoms with E-state index in [-0.39, 0.29) is 12.5 Å². The van der Waals surface area contributed by atoms with Crippen LogP contribution in [0.25, 0.3) is 0 Å². The molecule has 1 aromatic carbocycles. The maximum atomic E-state index is 12.6. The molecule has 1 heterocycles. The zero-order chi connectivity index (χ0) is 18.0. The number of hydrazine groups is 1. The van der Waals surface area contributed by atoms with Gasteiger partial charge in [-0.1, -0.05) is 22.9 Å². The van der Waals surface area contributed by atoms with Gasteiger partial charge in [-0.15, -0.1) is 0 Å². The fourth-order valence-electron chi connectivity index (χ4n) is 3.15. The van der Waals surface area contributed by atoms with Crippen molar-refractivity contribution in [3.05, 3.63) is 28.7 Å². The summed E-state index contributed by atoms with van der Waals surface area (Å²) in [5.74, 6) is 0.112. The van der Waals surface area contributed by atoms with Gasteiger partial charge in [-0.25, -0.2) is 4.79 Å². The Morgan fingerprint density at radius 3 is 2.60 bits per heavy atom. The maximum absolute atomic E-state index is 12.6. The van der Waals surface area contributed by atoms with Gasteiger partial charge in [0.1, 0.15) is 11.3 Å². The first-order valence-electron chi connectivity index (χ1n) is 8.24. The third-order valence-electron chi connectivity index (χ3n) is 4.71. The van der Waals surface area contributed by atoms with E-state index in [4.69, 9.17) is 4.74 Å². The smallest absolute Gasteiger partial charge is 0.344 e. The highest BCUT2D eigenvalue weighted by Crippen LogP contribution is 2.35. The van der Waals surface area contributed by atoms with E-state index in [1.165, 1.54) is 0 Å². The molecule has 2 fully saturated rings. The molecular weight excluding hydrogens is 390 g/mol. The van der Waals surface area contributed by atoms with Crippen molar-refractivity contribution in [2.45, 2.75) is 38.1 Å². The van der Waals surface area contributed by atoms with Crippen LogP contribution in [0.15, 0.2) is 28.7 Å². The molecule has 1 spiro atoms. The Labute approximate surface area is 154 Å². The molecule has 8 heteroatoms. The molecule has 7 nitrogen and oxygen atoms in total. The minimum Gasteiger partial charge on any atom is -0.484 e. The van der Waals surface area contributed by atoms with E-state index < -0.39 is 17.5 Å². The lowest BCUT2D eigenvalue weighted by Gasteiger charge is -2.33. The summed E-state index contributed by atoms with van der Waals surface area (Å²) < 4.78 is 6.25.